The number of hydrogen-bond acceptors (Lipinski definition) is 5. The second-order valence-electron chi connectivity index (χ2n) is 6.26. The summed E-state index contributed by atoms with van der Waals surface area (Å²) in [4.78, 5) is 25.9. The van der Waals surface area contributed by atoms with Gasteiger partial charge in [0.2, 0.25) is 16.9 Å². The number of aryl methyl sites for hydroxylation is 1. The Labute approximate surface area is 175 Å². The van der Waals surface area contributed by atoms with Crippen molar-refractivity contribution in [2.45, 2.75) is 13.3 Å². The molecule has 0 saturated heterocycles. The highest BCUT2D eigenvalue weighted by molar-refractivity contribution is 6.36. The van der Waals surface area contributed by atoms with Gasteiger partial charge in [-0.25, -0.2) is 4.79 Å². The summed E-state index contributed by atoms with van der Waals surface area (Å²) in [5.74, 6) is -0.793. The summed E-state index contributed by atoms with van der Waals surface area (Å²) < 4.78 is 16.7. The molecular weight excluding hydrogens is 415 g/mol. The number of ether oxygens (including phenoxy) is 1. The first-order valence-corrected chi connectivity index (χ1v) is 9.54. The molecule has 0 aliphatic heterocycles. The van der Waals surface area contributed by atoms with Gasteiger partial charge in [-0.05, 0) is 54.4 Å². The number of esters is 1. The second-order valence-corrected chi connectivity index (χ2v) is 7.11. The molecule has 0 N–H and O–H groups in total. The van der Waals surface area contributed by atoms with Gasteiger partial charge in [0.15, 0.2) is 5.76 Å². The molecule has 2 heterocycles. The van der Waals surface area contributed by atoms with E-state index in [-0.39, 0.29) is 27.9 Å². The highest BCUT2D eigenvalue weighted by Crippen LogP contribution is 2.32. The molecule has 0 unspecified atom stereocenters. The van der Waals surface area contributed by atoms with Crippen LogP contribution in [0.25, 0.3) is 22.5 Å². The Morgan fingerprint density at radius 1 is 1.10 bits per heavy atom. The van der Waals surface area contributed by atoms with E-state index in [2.05, 4.69) is 0 Å². The van der Waals surface area contributed by atoms with Gasteiger partial charge in [0.25, 0.3) is 0 Å². The van der Waals surface area contributed by atoms with Crippen LogP contribution in [0.2, 0.25) is 10.0 Å². The molecule has 0 saturated carbocycles. The third-order valence-corrected chi connectivity index (χ3v) is 4.96. The quantitative estimate of drug-likeness (QED) is 0.365. The summed E-state index contributed by atoms with van der Waals surface area (Å²) in [6.45, 7) is 1.98. The Kier molecular flexibility index (Phi) is 5.18. The van der Waals surface area contributed by atoms with Crippen molar-refractivity contribution in [1.82, 2.24) is 0 Å². The fraction of sp³-hybridized carbons (Fsp3) is 0.0909. The zero-order valence-corrected chi connectivity index (χ0v) is 16.7. The number of carbonyl (C=O) groups excluding carboxylic acids is 1. The summed E-state index contributed by atoms with van der Waals surface area (Å²) >= 11 is 12.0. The van der Waals surface area contributed by atoms with Crippen LogP contribution in [-0.2, 0) is 6.42 Å². The van der Waals surface area contributed by atoms with E-state index in [9.17, 15) is 9.59 Å². The molecule has 0 radical (unpaired) electrons. The number of rotatable bonds is 4. The minimum Gasteiger partial charge on any atom is -0.461 e. The Hall–Kier alpha value is -3.02. The largest absolute Gasteiger partial charge is 0.461 e. The molecule has 0 aliphatic rings. The average Bonchev–Trinajstić information content (AvgIpc) is 3.24. The van der Waals surface area contributed by atoms with E-state index in [4.69, 9.17) is 36.8 Å². The van der Waals surface area contributed by atoms with Crippen LogP contribution in [0, 0.1) is 0 Å². The fourth-order valence-corrected chi connectivity index (χ4v) is 3.40. The Morgan fingerprint density at radius 3 is 2.62 bits per heavy atom. The van der Waals surface area contributed by atoms with E-state index in [0.29, 0.717) is 16.0 Å². The zero-order chi connectivity index (χ0) is 20.5. The molecule has 0 spiro atoms. The van der Waals surface area contributed by atoms with Crippen molar-refractivity contribution in [3.63, 3.8) is 0 Å². The zero-order valence-electron chi connectivity index (χ0n) is 15.2. The van der Waals surface area contributed by atoms with Gasteiger partial charge in [0, 0.05) is 5.02 Å². The summed E-state index contributed by atoms with van der Waals surface area (Å²) in [7, 11) is 0. The lowest BCUT2D eigenvalue weighted by Crippen LogP contribution is -2.16. The summed E-state index contributed by atoms with van der Waals surface area (Å²) in [6.07, 6.45) is 2.17. The molecular formula is C22H14Cl2O5. The second kappa shape index (κ2) is 7.78. The molecule has 2 aromatic heterocycles. The van der Waals surface area contributed by atoms with Crippen molar-refractivity contribution < 1.29 is 18.4 Å². The normalized spacial score (nSPS) is 11.0. The smallest absolute Gasteiger partial charge is 0.345 e. The van der Waals surface area contributed by atoms with Crippen LogP contribution in [0.15, 0.2) is 68.4 Å². The number of halogens is 2. The van der Waals surface area contributed by atoms with E-state index in [0.717, 1.165) is 12.0 Å². The van der Waals surface area contributed by atoms with Crippen LogP contribution < -0.4 is 10.2 Å². The number of benzene rings is 2. The Bertz CT molecular complexity index is 1270. The average molecular weight is 429 g/mol. The highest BCUT2D eigenvalue weighted by atomic mass is 35.5. The van der Waals surface area contributed by atoms with Crippen LogP contribution in [0.5, 0.6) is 5.75 Å². The first-order chi connectivity index (χ1) is 14.0. The third-order valence-electron chi connectivity index (χ3n) is 4.41. The topological polar surface area (TPSA) is 69.7 Å². The van der Waals surface area contributed by atoms with Gasteiger partial charge >= 0.3 is 5.97 Å². The van der Waals surface area contributed by atoms with Crippen molar-refractivity contribution in [2.24, 2.45) is 0 Å². The van der Waals surface area contributed by atoms with Gasteiger partial charge in [-0.1, -0.05) is 36.2 Å². The molecule has 0 amide bonds. The van der Waals surface area contributed by atoms with E-state index in [1.165, 1.54) is 24.5 Å². The minimum atomic E-state index is -0.808. The molecule has 0 aliphatic carbocycles. The van der Waals surface area contributed by atoms with E-state index >= 15 is 0 Å². The van der Waals surface area contributed by atoms with Gasteiger partial charge in [-0.2, -0.15) is 0 Å². The van der Waals surface area contributed by atoms with E-state index in [1.54, 1.807) is 24.3 Å². The fourth-order valence-electron chi connectivity index (χ4n) is 2.91. The lowest BCUT2D eigenvalue weighted by atomic mass is 10.1. The lowest BCUT2D eigenvalue weighted by molar-refractivity contribution is 0.0731. The van der Waals surface area contributed by atoms with Gasteiger partial charge in [-0.3, -0.25) is 4.79 Å². The molecule has 0 fully saturated rings. The molecule has 146 valence electrons. The lowest BCUT2D eigenvalue weighted by Gasteiger charge is -2.10. The van der Waals surface area contributed by atoms with Gasteiger partial charge < -0.3 is 13.6 Å². The Balaban J connectivity index is 1.89. The van der Waals surface area contributed by atoms with Gasteiger partial charge in [-0.15, -0.1) is 0 Å². The molecule has 4 aromatic rings. The van der Waals surface area contributed by atoms with E-state index < -0.39 is 11.4 Å². The molecule has 7 heteroatoms. The number of fused-ring (bicyclic) bond motifs is 1. The van der Waals surface area contributed by atoms with Gasteiger partial charge in [0.1, 0.15) is 5.58 Å². The summed E-state index contributed by atoms with van der Waals surface area (Å²) in [6, 6.07) is 12.9. The summed E-state index contributed by atoms with van der Waals surface area (Å²) in [5.41, 5.74) is 0.908. The van der Waals surface area contributed by atoms with Crippen molar-refractivity contribution in [2.75, 3.05) is 0 Å². The van der Waals surface area contributed by atoms with Crippen molar-refractivity contribution in [1.29, 1.82) is 0 Å². The maximum Gasteiger partial charge on any atom is 0.345 e. The third kappa shape index (κ3) is 3.67. The molecule has 5 nitrogen and oxygen atoms in total. The highest BCUT2D eigenvalue weighted by Gasteiger charge is 2.24. The van der Waals surface area contributed by atoms with E-state index in [1.807, 2.05) is 13.0 Å². The number of carbonyl (C=O) groups is 1. The molecule has 0 bridgehead atoms. The van der Waals surface area contributed by atoms with Crippen molar-refractivity contribution in [3.8, 4) is 17.3 Å². The number of hydrogen-bond donors (Lipinski definition) is 0. The minimum absolute atomic E-state index is 0.0233. The first-order valence-electron chi connectivity index (χ1n) is 8.78. The maximum atomic E-state index is 13.2. The predicted molar refractivity (Wildman–Crippen MR) is 111 cm³/mol. The van der Waals surface area contributed by atoms with Crippen LogP contribution in [0.1, 0.15) is 22.8 Å². The van der Waals surface area contributed by atoms with Crippen LogP contribution in [0.4, 0.5) is 0 Å². The van der Waals surface area contributed by atoms with Crippen molar-refractivity contribution in [3.05, 3.63) is 86.2 Å². The predicted octanol–water partition coefficient (Wildman–Crippen LogP) is 6.14. The summed E-state index contributed by atoms with van der Waals surface area (Å²) in [5, 5.41) is 0.797. The Morgan fingerprint density at radius 2 is 1.93 bits per heavy atom. The number of furan rings is 1. The standard InChI is InChI=1S/C22H14Cl2O5/c1-2-12-5-8-17-15(10-12)19(25)21(20(28-17)18-4-3-9-27-18)29-22(26)14-7-6-13(23)11-16(14)24/h3-11H,2H2,1H3. The SMILES string of the molecule is CCc1ccc2oc(-c3ccco3)c(OC(=O)c3ccc(Cl)cc3Cl)c(=O)c2c1. The molecule has 29 heavy (non-hydrogen) atoms. The van der Waals surface area contributed by atoms with Crippen LogP contribution >= 0.6 is 23.2 Å². The molecule has 0 atom stereocenters. The molecule has 2 aromatic carbocycles. The van der Waals surface area contributed by atoms with Crippen LogP contribution in [-0.4, -0.2) is 5.97 Å². The molecule has 4 rings (SSSR count). The first kappa shape index (κ1) is 19.3. The van der Waals surface area contributed by atoms with Gasteiger partial charge in [0.05, 0.1) is 22.2 Å². The van der Waals surface area contributed by atoms with Crippen molar-refractivity contribution >= 4 is 40.1 Å². The van der Waals surface area contributed by atoms with Crippen LogP contribution in [0.3, 0.4) is 0 Å². The monoisotopic (exact) mass is 428 g/mol. The maximum absolute atomic E-state index is 13.2.